The van der Waals surface area contributed by atoms with E-state index in [9.17, 15) is 19.1 Å². The number of H-pyrrole nitrogens is 1. The molecule has 0 radical (unpaired) electrons. The van der Waals surface area contributed by atoms with Crippen LogP contribution in [-0.2, 0) is 4.74 Å². The Kier molecular flexibility index (Phi) is 3.09. The number of rotatable bonds is 2. The van der Waals surface area contributed by atoms with Crippen LogP contribution in [-0.4, -0.2) is 44.2 Å². The van der Waals surface area contributed by atoms with Crippen LogP contribution in [0, 0.1) is 0 Å². The fourth-order valence-electron chi connectivity index (χ4n) is 1.87. The van der Waals surface area contributed by atoms with Gasteiger partial charge in [0.2, 0.25) is 0 Å². The number of nitrogens with zero attached hydrogens (tertiary/aromatic N) is 1. The highest BCUT2D eigenvalue weighted by molar-refractivity contribution is 4.99. The SMILES string of the molecule is C[C@]1(CO)O[C@@H](n2ccc(=O)[nH]c2=O)[C@H](F)[C@@H]1O. The highest BCUT2D eigenvalue weighted by Gasteiger charge is 2.53. The Labute approximate surface area is 100 Å². The number of aromatic nitrogens is 2. The first-order chi connectivity index (χ1) is 8.39. The number of nitrogens with one attached hydrogen (secondary N) is 1. The van der Waals surface area contributed by atoms with Gasteiger partial charge in [0.05, 0.1) is 6.61 Å². The van der Waals surface area contributed by atoms with Crippen LogP contribution in [0.15, 0.2) is 21.9 Å². The van der Waals surface area contributed by atoms with Gasteiger partial charge < -0.3 is 14.9 Å². The van der Waals surface area contributed by atoms with E-state index < -0.39 is 42.0 Å². The van der Waals surface area contributed by atoms with Crippen LogP contribution in [0.3, 0.4) is 0 Å². The average Bonchev–Trinajstić information content (AvgIpc) is 2.55. The molecule has 8 heteroatoms. The van der Waals surface area contributed by atoms with E-state index in [0.29, 0.717) is 0 Å². The van der Waals surface area contributed by atoms with Crippen molar-refractivity contribution in [1.82, 2.24) is 9.55 Å². The van der Waals surface area contributed by atoms with E-state index in [2.05, 4.69) is 0 Å². The fourth-order valence-corrected chi connectivity index (χ4v) is 1.87. The van der Waals surface area contributed by atoms with Gasteiger partial charge in [0.1, 0.15) is 11.7 Å². The molecule has 4 atom stereocenters. The molecule has 1 aliphatic heterocycles. The zero-order valence-corrected chi connectivity index (χ0v) is 9.54. The lowest BCUT2D eigenvalue weighted by molar-refractivity contribution is -0.117. The number of hydrogen-bond acceptors (Lipinski definition) is 5. The van der Waals surface area contributed by atoms with Crippen molar-refractivity contribution in [2.75, 3.05) is 6.61 Å². The van der Waals surface area contributed by atoms with Gasteiger partial charge in [-0.2, -0.15) is 0 Å². The second kappa shape index (κ2) is 4.30. The van der Waals surface area contributed by atoms with Crippen LogP contribution < -0.4 is 11.2 Å². The highest BCUT2D eigenvalue weighted by Crippen LogP contribution is 2.37. The molecule has 100 valence electrons. The molecule has 1 aliphatic rings. The molecule has 1 aromatic rings. The van der Waals surface area contributed by atoms with E-state index in [4.69, 9.17) is 9.84 Å². The topological polar surface area (TPSA) is 105 Å². The molecule has 0 amide bonds. The Morgan fingerprint density at radius 3 is 2.78 bits per heavy atom. The second-order valence-electron chi connectivity index (χ2n) is 4.39. The first-order valence-corrected chi connectivity index (χ1v) is 5.31. The van der Waals surface area contributed by atoms with E-state index in [-0.39, 0.29) is 0 Å². The van der Waals surface area contributed by atoms with Crippen molar-refractivity contribution in [2.24, 2.45) is 0 Å². The van der Waals surface area contributed by atoms with Gasteiger partial charge in [-0.3, -0.25) is 14.3 Å². The fraction of sp³-hybridized carbons (Fsp3) is 0.600. The Balaban J connectivity index is 2.41. The highest BCUT2D eigenvalue weighted by atomic mass is 19.1. The largest absolute Gasteiger partial charge is 0.393 e. The summed E-state index contributed by atoms with van der Waals surface area (Å²) >= 11 is 0. The van der Waals surface area contributed by atoms with Gasteiger partial charge in [0.25, 0.3) is 5.56 Å². The molecule has 7 nitrogen and oxygen atoms in total. The third-order valence-corrected chi connectivity index (χ3v) is 3.03. The predicted molar refractivity (Wildman–Crippen MR) is 57.8 cm³/mol. The van der Waals surface area contributed by atoms with E-state index >= 15 is 0 Å². The first kappa shape index (κ1) is 12.9. The number of ether oxygens (including phenoxy) is 1. The van der Waals surface area contributed by atoms with Gasteiger partial charge in [-0.15, -0.1) is 0 Å². The van der Waals surface area contributed by atoms with Crippen molar-refractivity contribution in [3.63, 3.8) is 0 Å². The summed E-state index contributed by atoms with van der Waals surface area (Å²) in [5, 5.41) is 18.7. The molecule has 0 bridgehead atoms. The monoisotopic (exact) mass is 260 g/mol. The average molecular weight is 260 g/mol. The van der Waals surface area contributed by atoms with Crippen molar-refractivity contribution >= 4 is 0 Å². The molecule has 0 aliphatic carbocycles. The standard InChI is InChI=1S/C10H13FN2O5/c1-10(4-14)7(16)6(11)8(18-10)13-3-2-5(15)12-9(13)17/h2-3,6-8,14,16H,4H2,1H3,(H,12,15,17)/t6-,7+,8-,10-/m1/s1. The molecule has 0 unspecified atom stereocenters. The summed E-state index contributed by atoms with van der Waals surface area (Å²) in [6.45, 7) is 0.740. The Morgan fingerprint density at radius 2 is 2.28 bits per heavy atom. The molecule has 2 heterocycles. The maximum Gasteiger partial charge on any atom is 0.330 e. The van der Waals surface area contributed by atoms with Crippen LogP contribution in [0.5, 0.6) is 0 Å². The smallest absolute Gasteiger partial charge is 0.330 e. The van der Waals surface area contributed by atoms with Crippen LogP contribution in [0.25, 0.3) is 0 Å². The summed E-state index contributed by atoms with van der Waals surface area (Å²) < 4.78 is 19.9. The van der Waals surface area contributed by atoms with Crippen molar-refractivity contribution in [3.8, 4) is 0 Å². The molecule has 1 saturated heterocycles. The first-order valence-electron chi connectivity index (χ1n) is 5.31. The Hall–Kier alpha value is -1.51. The molecule has 3 N–H and O–H groups in total. The zero-order chi connectivity index (χ0) is 13.5. The summed E-state index contributed by atoms with van der Waals surface area (Å²) in [7, 11) is 0. The summed E-state index contributed by atoms with van der Waals surface area (Å²) in [5.74, 6) is 0. The molecular formula is C10H13FN2O5. The van der Waals surface area contributed by atoms with Crippen LogP contribution in [0.2, 0.25) is 0 Å². The van der Waals surface area contributed by atoms with E-state index in [1.165, 1.54) is 6.92 Å². The Bertz CT molecular complexity index is 556. The van der Waals surface area contributed by atoms with Crippen LogP contribution >= 0.6 is 0 Å². The number of aliphatic hydroxyl groups is 2. The molecule has 0 saturated carbocycles. The normalized spacial score (nSPS) is 35.9. The molecule has 0 spiro atoms. The summed E-state index contributed by atoms with van der Waals surface area (Å²) in [6.07, 6.45) is -3.76. The summed E-state index contributed by atoms with van der Waals surface area (Å²) in [4.78, 5) is 24.3. The summed E-state index contributed by atoms with van der Waals surface area (Å²) in [5.41, 5.74) is -2.95. The number of hydrogen-bond donors (Lipinski definition) is 3. The maximum atomic E-state index is 13.9. The van der Waals surface area contributed by atoms with Gasteiger partial charge >= 0.3 is 5.69 Å². The van der Waals surface area contributed by atoms with Crippen LogP contribution in [0.1, 0.15) is 13.2 Å². The molecule has 18 heavy (non-hydrogen) atoms. The van der Waals surface area contributed by atoms with Crippen LogP contribution in [0.4, 0.5) is 4.39 Å². The van der Waals surface area contributed by atoms with E-state index in [0.717, 1.165) is 16.8 Å². The third kappa shape index (κ3) is 1.88. The minimum Gasteiger partial charge on any atom is -0.393 e. The maximum absolute atomic E-state index is 13.9. The molecular weight excluding hydrogens is 247 g/mol. The second-order valence-corrected chi connectivity index (χ2v) is 4.39. The zero-order valence-electron chi connectivity index (χ0n) is 9.54. The summed E-state index contributed by atoms with van der Waals surface area (Å²) in [6, 6.07) is 1.04. The van der Waals surface area contributed by atoms with Gasteiger partial charge in [-0.25, -0.2) is 9.18 Å². The minimum absolute atomic E-state index is 0.594. The van der Waals surface area contributed by atoms with Gasteiger partial charge in [-0.05, 0) is 6.92 Å². The van der Waals surface area contributed by atoms with Crippen molar-refractivity contribution in [2.45, 2.75) is 31.0 Å². The lowest BCUT2D eigenvalue weighted by Crippen LogP contribution is -2.42. The molecule has 0 aromatic carbocycles. The van der Waals surface area contributed by atoms with Crippen molar-refractivity contribution in [1.29, 1.82) is 0 Å². The quantitative estimate of drug-likeness (QED) is 0.601. The number of aliphatic hydroxyl groups excluding tert-OH is 2. The number of alkyl halides is 1. The lowest BCUT2D eigenvalue weighted by Gasteiger charge is -2.24. The predicted octanol–water partition coefficient (Wildman–Crippen LogP) is -1.48. The van der Waals surface area contributed by atoms with Gasteiger partial charge in [0.15, 0.2) is 12.4 Å². The van der Waals surface area contributed by atoms with E-state index in [1.807, 2.05) is 4.98 Å². The van der Waals surface area contributed by atoms with Crippen molar-refractivity contribution < 1.29 is 19.3 Å². The Morgan fingerprint density at radius 1 is 1.61 bits per heavy atom. The molecule has 2 rings (SSSR count). The third-order valence-electron chi connectivity index (χ3n) is 3.03. The van der Waals surface area contributed by atoms with E-state index in [1.54, 1.807) is 0 Å². The minimum atomic E-state index is -1.88. The number of halogens is 1. The van der Waals surface area contributed by atoms with Gasteiger partial charge in [0, 0.05) is 12.3 Å². The van der Waals surface area contributed by atoms with Gasteiger partial charge in [-0.1, -0.05) is 0 Å². The molecule has 1 aromatic heterocycles. The number of aromatic amines is 1. The van der Waals surface area contributed by atoms with Crippen molar-refractivity contribution in [3.05, 3.63) is 33.1 Å². The lowest BCUT2D eigenvalue weighted by atomic mass is 9.99. The molecule has 1 fully saturated rings.